The molecule has 1 saturated carbocycles. The third kappa shape index (κ3) is 4.63. The van der Waals surface area contributed by atoms with Gasteiger partial charge in [-0.1, -0.05) is 42.5 Å². The highest BCUT2D eigenvalue weighted by atomic mass is 35.5. The highest BCUT2D eigenvalue weighted by Crippen LogP contribution is 2.41. The van der Waals surface area contributed by atoms with Gasteiger partial charge in [-0.25, -0.2) is 9.67 Å². The van der Waals surface area contributed by atoms with Crippen molar-refractivity contribution in [1.82, 2.24) is 19.7 Å². The van der Waals surface area contributed by atoms with Crippen molar-refractivity contribution in [1.29, 1.82) is 0 Å². The molecule has 0 spiro atoms. The van der Waals surface area contributed by atoms with Gasteiger partial charge in [0.25, 0.3) is 0 Å². The van der Waals surface area contributed by atoms with Crippen molar-refractivity contribution >= 4 is 46.0 Å². The van der Waals surface area contributed by atoms with E-state index in [1.54, 1.807) is 0 Å². The summed E-state index contributed by atoms with van der Waals surface area (Å²) in [6.07, 6.45) is -5.22. The zero-order valence-electron chi connectivity index (χ0n) is 16.7. The van der Waals surface area contributed by atoms with Crippen LogP contribution in [0.25, 0.3) is 16.7 Å². The first-order valence-corrected chi connectivity index (χ1v) is 10.6. The molecule has 4 rings (SSSR count). The summed E-state index contributed by atoms with van der Waals surface area (Å²) in [5.41, 5.74) is 2.76. The van der Waals surface area contributed by atoms with E-state index in [0.717, 1.165) is 36.8 Å². The number of halogens is 8. The maximum Gasteiger partial charge on any atom is 0.434 e. The van der Waals surface area contributed by atoms with Crippen LogP contribution in [0, 0.1) is 0 Å². The fraction of sp³-hybridized carbons (Fsp3) is 0.421. The topological polar surface area (TPSA) is 81.7 Å². The van der Waals surface area contributed by atoms with E-state index in [1.807, 2.05) is 0 Å². The number of nitrogen functional groups attached to an aromatic ring is 1. The average Bonchev–Trinajstić information content (AvgIpc) is 3.02. The summed E-state index contributed by atoms with van der Waals surface area (Å²) in [7, 11) is 0. The standard InChI is InChI=1S/C19H16Cl2F6N6/c20-10-6-8(18(22,23)24)7-11(21)13(10)33-15(28)12-14(19(25,26)27)30-17(31-16(12)32-33)29-9-4-2-1-3-5-9/h6-7,9H,1-5,28H2,(H,29,31,32). The number of nitrogens with one attached hydrogen (secondary N) is 1. The van der Waals surface area contributed by atoms with Gasteiger partial charge >= 0.3 is 12.4 Å². The van der Waals surface area contributed by atoms with Crippen molar-refractivity contribution in [2.24, 2.45) is 0 Å². The molecule has 0 bridgehead atoms. The van der Waals surface area contributed by atoms with Crippen LogP contribution in [0.5, 0.6) is 0 Å². The molecule has 1 aliphatic carbocycles. The van der Waals surface area contributed by atoms with Crippen LogP contribution in [0.3, 0.4) is 0 Å². The van der Waals surface area contributed by atoms with Crippen LogP contribution in [-0.4, -0.2) is 25.8 Å². The van der Waals surface area contributed by atoms with Gasteiger partial charge in [0.1, 0.15) is 11.5 Å². The molecule has 2 heterocycles. The molecule has 1 aromatic carbocycles. The van der Waals surface area contributed by atoms with Crippen molar-refractivity contribution < 1.29 is 26.3 Å². The SMILES string of the molecule is Nc1c2c(C(F)(F)F)nc(NC3CCCCC3)nc2nn1-c1c(Cl)cc(C(F)(F)F)cc1Cl. The second kappa shape index (κ2) is 8.39. The van der Waals surface area contributed by atoms with Gasteiger partial charge in [-0.05, 0) is 25.0 Å². The van der Waals surface area contributed by atoms with Gasteiger partial charge in [0.2, 0.25) is 5.95 Å². The molecule has 178 valence electrons. The van der Waals surface area contributed by atoms with Crippen molar-refractivity contribution in [3.05, 3.63) is 33.4 Å². The highest BCUT2D eigenvalue weighted by molar-refractivity contribution is 6.38. The molecule has 1 fully saturated rings. The summed E-state index contributed by atoms with van der Waals surface area (Å²) in [6.45, 7) is 0. The van der Waals surface area contributed by atoms with Crippen LogP contribution in [0.4, 0.5) is 38.1 Å². The minimum absolute atomic E-state index is 0.0875. The Morgan fingerprint density at radius 1 is 0.939 bits per heavy atom. The third-order valence-corrected chi connectivity index (χ3v) is 5.91. The van der Waals surface area contributed by atoms with Gasteiger partial charge in [-0.2, -0.15) is 31.3 Å². The van der Waals surface area contributed by atoms with Crippen LogP contribution < -0.4 is 11.1 Å². The summed E-state index contributed by atoms with van der Waals surface area (Å²) in [4.78, 5) is 7.70. The number of anilines is 2. The molecule has 0 unspecified atom stereocenters. The molecular weight excluding hydrogens is 497 g/mol. The first-order valence-electron chi connectivity index (χ1n) is 9.83. The fourth-order valence-electron chi connectivity index (χ4n) is 3.81. The van der Waals surface area contributed by atoms with Crippen LogP contribution >= 0.6 is 23.2 Å². The predicted molar refractivity (Wildman–Crippen MR) is 112 cm³/mol. The van der Waals surface area contributed by atoms with Gasteiger partial charge < -0.3 is 11.1 Å². The number of nitrogens with two attached hydrogens (primary N) is 1. The van der Waals surface area contributed by atoms with Crippen LogP contribution in [0.1, 0.15) is 43.4 Å². The van der Waals surface area contributed by atoms with E-state index in [9.17, 15) is 26.3 Å². The Morgan fingerprint density at radius 3 is 2.09 bits per heavy atom. The lowest BCUT2D eigenvalue weighted by Gasteiger charge is -2.23. The number of nitrogens with zero attached hydrogens (tertiary/aromatic N) is 4. The van der Waals surface area contributed by atoms with Crippen molar-refractivity contribution in [2.75, 3.05) is 11.1 Å². The lowest BCUT2D eigenvalue weighted by molar-refractivity contribution is -0.140. The zero-order valence-corrected chi connectivity index (χ0v) is 18.2. The largest absolute Gasteiger partial charge is 0.434 e. The fourth-order valence-corrected chi connectivity index (χ4v) is 4.46. The highest BCUT2D eigenvalue weighted by Gasteiger charge is 2.39. The monoisotopic (exact) mass is 512 g/mol. The average molecular weight is 513 g/mol. The predicted octanol–water partition coefficient (Wildman–Crippen LogP) is 6.49. The molecule has 33 heavy (non-hydrogen) atoms. The molecule has 3 N–H and O–H groups in total. The first-order chi connectivity index (χ1) is 15.4. The maximum absolute atomic E-state index is 13.8. The molecule has 6 nitrogen and oxygen atoms in total. The van der Waals surface area contributed by atoms with Gasteiger partial charge in [-0.3, -0.25) is 0 Å². The van der Waals surface area contributed by atoms with Crippen LogP contribution in [0.15, 0.2) is 12.1 Å². The van der Waals surface area contributed by atoms with E-state index in [0.29, 0.717) is 12.1 Å². The number of hydrogen-bond acceptors (Lipinski definition) is 5. The maximum atomic E-state index is 13.8. The molecule has 0 aliphatic heterocycles. The van der Waals surface area contributed by atoms with E-state index in [1.165, 1.54) is 0 Å². The quantitative estimate of drug-likeness (QED) is 0.392. The van der Waals surface area contributed by atoms with Crippen LogP contribution in [-0.2, 0) is 12.4 Å². The Kier molecular flexibility index (Phi) is 6.02. The summed E-state index contributed by atoms with van der Waals surface area (Å²) < 4.78 is 81.3. The van der Waals surface area contributed by atoms with Gasteiger partial charge in [0.15, 0.2) is 11.3 Å². The molecule has 2 aromatic heterocycles. The number of fused-ring (bicyclic) bond motifs is 1. The van der Waals surface area contributed by atoms with E-state index < -0.39 is 50.5 Å². The molecule has 14 heteroatoms. The Labute approximate surface area is 193 Å². The van der Waals surface area contributed by atoms with Crippen LogP contribution in [0.2, 0.25) is 10.0 Å². The Hall–Kier alpha value is -2.47. The first kappa shape index (κ1) is 23.7. The summed E-state index contributed by atoms with van der Waals surface area (Å²) in [6, 6.07) is 1.08. The molecule has 0 amide bonds. The zero-order chi connectivity index (χ0) is 24.1. The molecule has 3 aromatic rings. The molecule has 0 atom stereocenters. The van der Waals surface area contributed by atoms with E-state index in [4.69, 9.17) is 28.9 Å². The number of alkyl halides is 6. The van der Waals surface area contributed by atoms with Crippen molar-refractivity contribution in [2.45, 2.75) is 50.5 Å². The van der Waals surface area contributed by atoms with E-state index in [2.05, 4.69) is 20.4 Å². The smallest absolute Gasteiger partial charge is 0.383 e. The van der Waals surface area contributed by atoms with Crippen molar-refractivity contribution in [3.63, 3.8) is 0 Å². The summed E-state index contributed by atoms with van der Waals surface area (Å²) in [5, 5.41) is 5.27. The minimum atomic E-state index is -4.90. The van der Waals surface area contributed by atoms with E-state index >= 15 is 0 Å². The number of rotatable bonds is 3. The second-order valence-electron chi connectivity index (χ2n) is 7.65. The number of benzene rings is 1. The molecule has 0 radical (unpaired) electrons. The van der Waals surface area contributed by atoms with Crippen molar-refractivity contribution in [3.8, 4) is 5.69 Å². The number of aromatic nitrogens is 4. The molecular formula is C19H16Cl2F6N6. The van der Waals surface area contributed by atoms with Gasteiger partial charge in [0.05, 0.1) is 21.0 Å². The summed E-state index contributed by atoms with van der Waals surface area (Å²) >= 11 is 12.0. The van der Waals surface area contributed by atoms with E-state index in [-0.39, 0.29) is 17.7 Å². The Balaban J connectivity index is 1.87. The van der Waals surface area contributed by atoms with Gasteiger partial charge in [0, 0.05) is 6.04 Å². The normalized spacial score (nSPS) is 15.9. The Bertz CT molecular complexity index is 1180. The number of hydrogen-bond donors (Lipinski definition) is 2. The lowest BCUT2D eigenvalue weighted by atomic mass is 9.96. The van der Waals surface area contributed by atoms with Gasteiger partial charge in [-0.15, -0.1) is 5.10 Å². The summed E-state index contributed by atoms with van der Waals surface area (Å²) in [5.74, 6) is -0.832. The second-order valence-corrected chi connectivity index (χ2v) is 8.47. The molecule has 1 aliphatic rings. The molecule has 0 saturated heterocycles. The lowest BCUT2D eigenvalue weighted by Crippen LogP contribution is -2.24. The third-order valence-electron chi connectivity index (χ3n) is 5.33. The Morgan fingerprint density at radius 2 is 1.55 bits per heavy atom. The minimum Gasteiger partial charge on any atom is -0.383 e.